The Bertz CT molecular complexity index is 333. The molecular formula is C8H6ClF3OS. The van der Waals surface area contributed by atoms with Crippen LogP contribution < -0.4 is 0 Å². The van der Waals surface area contributed by atoms with Crippen molar-refractivity contribution in [3.05, 3.63) is 35.4 Å². The number of rotatable bonds is 2. The SMILES string of the molecule is O=S(Cl)Cc1ccc(C(F)(F)F)cc1. The van der Waals surface area contributed by atoms with E-state index < -0.39 is 21.8 Å². The highest BCUT2D eigenvalue weighted by Crippen LogP contribution is 2.29. The lowest BCUT2D eigenvalue weighted by Gasteiger charge is -2.06. The Hall–Kier alpha value is -0.550. The fraction of sp³-hybridized carbons (Fsp3) is 0.250. The number of hydrogen-bond acceptors (Lipinski definition) is 1. The normalized spacial score (nSPS) is 14.0. The van der Waals surface area contributed by atoms with Gasteiger partial charge in [0.25, 0.3) is 0 Å². The summed E-state index contributed by atoms with van der Waals surface area (Å²) in [6.45, 7) is 0. The minimum absolute atomic E-state index is 0.0553. The van der Waals surface area contributed by atoms with Crippen molar-refractivity contribution in [2.24, 2.45) is 0 Å². The molecule has 0 amide bonds. The van der Waals surface area contributed by atoms with Crippen molar-refractivity contribution in [3.8, 4) is 0 Å². The minimum Gasteiger partial charge on any atom is -0.242 e. The van der Waals surface area contributed by atoms with Crippen molar-refractivity contribution in [3.63, 3.8) is 0 Å². The van der Waals surface area contributed by atoms with Gasteiger partial charge in [-0.2, -0.15) is 13.2 Å². The first-order valence-corrected chi connectivity index (χ1v) is 5.75. The van der Waals surface area contributed by atoms with Crippen LogP contribution in [0.2, 0.25) is 0 Å². The van der Waals surface area contributed by atoms with E-state index in [0.29, 0.717) is 5.56 Å². The maximum absolute atomic E-state index is 12.1. The predicted octanol–water partition coefficient (Wildman–Crippen LogP) is 3.11. The zero-order valence-corrected chi connectivity index (χ0v) is 8.42. The van der Waals surface area contributed by atoms with E-state index in [1.807, 2.05) is 0 Å². The summed E-state index contributed by atoms with van der Waals surface area (Å²) in [6, 6.07) is 4.42. The molecule has 1 aromatic carbocycles. The molecule has 0 radical (unpaired) electrons. The van der Waals surface area contributed by atoms with E-state index in [1.54, 1.807) is 0 Å². The van der Waals surface area contributed by atoms with Gasteiger partial charge in [-0.1, -0.05) is 12.1 Å². The van der Waals surface area contributed by atoms with Gasteiger partial charge in [-0.25, -0.2) is 4.21 Å². The van der Waals surface area contributed by atoms with Gasteiger partial charge >= 0.3 is 6.18 Å². The smallest absolute Gasteiger partial charge is 0.242 e. The summed E-state index contributed by atoms with van der Waals surface area (Å²) in [6.07, 6.45) is -4.33. The molecule has 0 aliphatic carbocycles. The average Bonchev–Trinajstić information content (AvgIpc) is 2.02. The molecule has 0 heterocycles. The lowest BCUT2D eigenvalue weighted by atomic mass is 10.1. The zero-order chi connectivity index (χ0) is 10.8. The lowest BCUT2D eigenvalue weighted by Crippen LogP contribution is -2.04. The summed E-state index contributed by atoms with van der Waals surface area (Å²) in [5.41, 5.74) is -0.201. The summed E-state index contributed by atoms with van der Waals surface area (Å²) >= 11 is 0. The number of hydrogen-bond donors (Lipinski definition) is 0. The van der Waals surface area contributed by atoms with Crippen LogP contribution in [0.4, 0.5) is 13.2 Å². The largest absolute Gasteiger partial charge is 0.416 e. The van der Waals surface area contributed by atoms with E-state index in [-0.39, 0.29) is 5.75 Å². The van der Waals surface area contributed by atoms with E-state index in [4.69, 9.17) is 10.7 Å². The summed E-state index contributed by atoms with van der Waals surface area (Å²) in [5.74, 6) is 0.0553. The highest BCUT2D eigenvalue weighted by Gasteiger charge is 2.29. The van der Waals surface area contributed by atoms with Gasteiger partial charge in [-0.3, -0.25) is 0 Å². The van der Waals surface area contributed by atoms with Crippen LogP contribution in [-0.2, 0) is 21.9 Å². The van der Waals surface area contributed by atoms with Crippen molar-refractivity contribution in [2.45, 2.75) is 11.9 Å². The van der Waals surface area contributed by atoms with Crippen molar-refractivity contribution in [2.75, 3.05) is 0 Å². The third-order valence-electron chi connectivity index (χ3n) is 1.56. The molecular weight excluding hydrogens is 237 g/mol. The first-order chi connectivity index (χ1) is 6.39. The van der Waals surface area contributed by atoms with Gasteiger partial charge in [0.05, 0.1) is 11.3 Å². The number of halogens is 4. The van der Waals surface area contributed by atoms with Gasteiger partial charge in [0.15, 0.2) is 0 Å². The van der Waals surface area contributed by atoms with Crippen LogP contribution in [0.3, 0.4) is 0 Å². The summed E-state index contributed by atoms with van der Waals surface area (Å²) in [7, 11) is 3.64. The molecule has 1 nitrogen and oxygen atoms in total. The molecule has 1 atom stereocenters. The maximum Gasteiger partial charge on any atom is 0.416 e. The molecule has 0 spiro atoms. The maximum atomic E-state index is 12.1. The minimum atomic E-state index is -4.33. The van der Waals surface area contributed by atoms with Gasteiger partial charge in [-0.15, -0.1) is 0 Å². The third kappa shape index (κ3) is 3.31. The molecule has 1 rings (SSSR count). The fourth-order valence-corrected chi connectivity index (χ4v) is 1.75. The Kier molecular flexibility index (Phi) is 3.55. The molecule has 0 fully saturated rings. The Morgan fingerprint density at radius 1 is 1.21 bits per heavy atom. The standard InChI is InChI=1S/C8H6ClF3OS/c9-14(13)5-6-1-3-7(4-2-6)8(10,11)12/h1-4H,5H2. The third-order valence-corrected chi connectivity index (χ3v) is 2.45. The van der Waals surface area contributed by atoms with Gasteiger partial charge in [0.1, 0.15) is 10.0 Å². The Morgan fingerprint density at radius 3 is 2.07 bits per heavy atom. The Morgan fingerprint density at radius 2 is 1.71 bits per heavy atom. The van der Waals surface area contributed by atoms with Crippen molar-refractivity contribution in [1.82, 2.24) is 0 Å². The highest BCUT2D eigenvalue weighted by atomic mass is 35.7. The van der Waals surface area contributed by atoms with Crippen LogP contribution in [0.25, 0.3) is 0 Å². The Balaban J connectivity index is 2.84. The molecule has 1 unspecified atom stereocenters. The molecule has 0 saturated carbocycles. The second kappa shape index (κ2) is 4.31. The van der Waals surface area contributed by atoms with E-state index >= 15 is 0 Å². The molecule has 78 valence electrons. The molecule has 0 aromatic heterocycles. The van der Waals surface area contributed by atoms with Crippen LogP contribution in [0.5, 0.6) is 0 Å². The van der Waals surface area contributed by atoms with Crippen molar-refractivity contribution < 1.29 is 17.4 Å². The predicted molar refractivity (Wildman–Crippen MR) is 49.1 cm³/mol. The molecule has 0 aliphatic heterocycles. The topological polar surface area (TPSA) is 17.1 Å². The first kappa shape index (κ1) is 11.5. The average molecular weight is 243 g/mol. The number of benzene rings is 1. The van der Waals surface area contributed by atoms with E-state index in [0.717, 1.165) is 12.1 Å². The van der Waals surface area contributed by atoms with Crippen molar-refractivity contribution in [1.29, 1.82) is 0 Å². The zero-order valence-electron chi connectivity index (χ0n) is 6.84. The molecule has 6 heteroatoms. The van der Waals surface area contributed by atoms with Gasteiger partial charge in [0.2, 0.25) is 0 Å². The quantitative estimate of drug-likeness (QED) is 0.729. The molecule has 14 heavy (non-hydrogen) atoms. The van der Waals surface area contributed by atoms with Gasteiger partial charge < -0.3 is 0 Å². The second-order valence-corrected chi connectivity index (χ2v) is 4.53. The summed E-state index contributed by atoms with van der Waals surface area (Å²) in [5, 5.41) is 0. The first-order valence-electron chi connectivity index (χ1n) is 3.60. The molecule has 0 bridgehead atoms. The van der Waals surface area contributed by atoms with Crippen LogP contribution in [0.15, 0.2) is 24.3 Å². The highest BCUT2D eigenvalue weighted by molar-refractivity contribution is 8.07. The van der Waals surface area contributed by atoms with Crippen LogP contribution in [0, 0.1) is 0 Å². The molecule has 0 saturated heterocycles. The van der Waals surface area contributed by atoms with Gasteiger partial charge in [-0.05, 0) is 28.4 Å². The fourth-order valence-electron chi connectivity index (χ4n) is 0.921. The molecule has 0 aliphatic rings. The van der Waals surface area contributed by atoms with Gasteiger partial charge in [0, 0.05) is 0 Å². The monoisotopic (exact) mass is 242 g/mol. The van der Waals surface area contributed by atoms with E-state index in [2.05, 4.69) is 0 Å². The van der Waals surface area contributed by atoms with Crippen LogP contribution in [-0.4, -0.2) is 4.21 Å². The van der Waals surface area contributed by atoms with E-state index in [1.165, 1.54) is 12.1 Å². The van der Waals surface area contributed by atoms with Crippen molar-refractivity contribution >= 4 is 20.7 Å². The molecule has 0 N–H and O–H groups in total. The second-order valence-electron chi connectivity index (χ2n) is 2.63. The van der Waals surface area contributed by atoms with E-state index in [9.17, 15) is 17.4 Å². The van der Waals surface area contributed by atoms with Crippen LogP contribution >= 0.6 is 10.7 Å². The lowest BCUT2D eigenvalue weighted by molar-refractivity contribution is -0.137. The molecule has 1 aromatic rings. The Labute approximate surface area is 85.8 Å². The summed E-state index contributed by atoms with van der Waals surface area (Å²) < 4.78 is 46.8. The van der Waals surface area contributed by atoms with Crippen LogP contribution in [0.1, 0.15) is 11.1 Å². The summed E-state index contributed by atoms with van der Waals surface area (Å²) in [4.78, 5) is 0. The number of alkyl halides is 3.